The van der Waals surface area contributed by atoms with Gasteiger partial charge in [-0.2, -0.15) is 0 Å². The zero-order valence-electron chi connectivity index (χ0n) is 9.14. The van der Waals surface area contributed by atoms with E-state index < -0.39 is 4.92 Å². The molecule has 0 saturated heterocycles. The molecule has 0 heterocycles. The van der Waals surface area contributed by atoms with Crippen LogP contribution in [0.3, 0.4) is 0 Å². The first-order valence-corrected chi connectivity index (χ1v) is 6.19. The Morgan fingerprint density at radius 3 is 2.94 bits per heavy atom. The Balaban J connectivity index is 2.10. The average molecular weight is 298 g/mol. The summed E-state index contributed by atoms with van der Waals surface area (Å²) in [5, 5.41) is 10.3. The van der Waals surface area contributed by atoms with Crippen LogP contribution in [-0.4, -0.2) is 11.5 Å². The van der Waals surface area contributed by atoms with Gasteiger partial charge in [0.1, 0.15) is 5.75 Å². The van der Waals surface area contributed by atoms with Crippen LogP contribution in [0.15, 0.2) is 28.9 Å². The van der Waals surface area contributed by atoms with E-state index in [2.05, 4.69) is 15.9 Å². The monoisotopic (exact) mass is 297 g/mol. The van der Waals surface area contributed by atoms with E-state index in [4.69, 9.17) is 4.74 Å². The van der Waals surface area contributed by atoms with Crippen molar-refractivity contribution < 1.29 is 9.66 Å². The molecule has 0 N–H and O–H groups in total. The molecule has 0 aliphatic heterocycles. The van der Waals surface area contributed by atoms with Gasteiger partial charge in [0.05, 0.1) is 16.0 Å². The molecule has 5 heteroatoms. The summed E-state index contributed by atoms with van der Waals surface area (Å²) < 4.78 is 6.42. The molecule has 0 spiro atoms. The van der Waals surface area contributed by atoms with E-state index in [1.807, 2.05) is 12.1 Å². The summed E-state index contributed by atoms with van der Waals surface area (Å²) in [7, 11) is 0. The third-order valence-electron chi connectivity index (χ3n) is 2.54. The smallest absolute Gasteiger partial charge is 0.235 e. The van der Waals surface area contributed by atoms with Gasteiger partial charge in [-0.15, -0.1) is 0 Å². The minimum atomic E-state index is -0.482. The highest BCUT2D eigenvalue weighted by atomic mass is 79.9. The number of hydrogen-bond donors (Lipinski definition) is 0. The quantitative estimate of drug-likeness (QED) is 0.617. The SMILES string of the molecule is O=[N+]([O-])C=Cc1cccc(OCC2CC2)c1Br. The fraction of sp³-hybridized carbons (Fsp3) is 0.333. The Hall–Kier alpha value is -1.36. The molecule has 0 aromatic heterocycles. The van der Waals surface area contributed by atoms with Crippen molar-refractivity contribution >= 4 is 22.0 Å². The van der Waals surface area contributed by atoms with E-state index in [1.54, 1.807) is 6.07 Å². The molecule has 4 nitrogen and oxygen atoms in total. The first-order valence-electron chi connectivity index (χ1n) is 5.40. The highest BCUT2D eigenvalue weighted by molar-refractivity contribution is 9.10. The van der Waals surface area contributed by atoms with Crippen LogP contribution < -0.4 is 4.74 Å². The first-order chi connectivity index (χ1) is 8.16. The van der Waals surface area contributed by atoms with Crippen molar-refractivity contribution in [3.8, 4) is 5.75 Å². The normalized spacial score (nSPS) is 15.1. The van der Waals surface area contributed by atoms with Crippen molar-refractivity contribution in [1.82, 2.24) is 0 Å². The molecule has 1 fully saturated rings. The number of nitro groups is 1. The summed E-state index contributed by atoms with van der Waals surface area (Å²) in [4.78, 5) is 9.78. The second kappa shape index (κ2) is 5.31. The van der Waals surface area contributed by atoms with Crippen molar-refractivity contribution in [2.24, 2.45) is 5.92 Å². The minimum absolute atomic E-state index is 0.482. The van der Waals surface area contributed by atoms with Gasteiger partial charge in [-0.3, -0.25) is 10.1 Å². The van der Waals surface area contributed by atoms with Crippen LogP contribution in [0.5, 0.6) is 5.75 Å². The van der Waals surface area contributed by atoms with Gasteiger partial charge < -0.3 is 4.74 Å². The van der Waals surface area contributed by atoms with Gasteiger partial charge in [-0.25, -0.2) is 0 Å². The standard InChI is InChI=1S/C12H12BrNO3/c13-12-10(6-7-14(15)16)2-1-3-11(12)17-8-9-4-5-9/h1-3,6-7,9H,4-5,8H2. The molecular weight excluding hydrogens is 286 g/mol. The predicted octanol–water partition coefficient (Wildman–Crippen LogP) is 3.49. The first kappa shape index (κ1) is 12.1. The molecule has 1 aliphatic carbocycles. The molecule has 0 atom stereocenters. The molecular formula is C12H12BrNO3. The summed E-state index contributed by atoms with van der Waals surface area (Å²) >= 11 is 3.40. The number of benzene rings is 1. The Morgan fingerprint density at radius 1 is 1.53 bits per heavy atom. The van der Waals surface area contributed by atoms with Gasteiger partial charge in [0.15, 0.2) is 0 Å². The van der Waals surface area contributed by atoms with Crippen LogP contribution in [0.2, 0.25) is 0 Å². The van der Waals surface area contributed by atoms with E-state index in [0.29, 0.717) is 5.92 Å². The van der Waals surface area contributed by atoms with Crippen LogP contribution >= 0.6 is 15.9 Å². The molecule has 2 rings (SSSR count). The maximum Gasteiger partial charge on any atom is 0.235 e. The fourth-order valence-electron chi connectivity index (χ4n) is 1.40. The van der Waals surface area contributed by atoms with Crippen molar-refractivity contribution in [2.45, 2.75) is 12.8 Å². The maximum absolute atomic E-state index is 10.3. The molecule has 0 unspecified atom stereocenters. The summed E-state index contributed by atoms with van der Waals surface area (Å²) in [6.07, 6.45) is 4.84. The van der Waals surface area contributed by atoms with Crippen molar-refractivity contribution in [1.29, 1.82) is 0 Å². The Kier molecular flexibility index (Phi) is 3.78. The number of rotatable bonds is 5. The van der Waals surface area contributed by atoms with Crippen LogP contribution in [-0.2, 0) is 0 Å². The predicted molar refractivity (Wildman–Crippen MR) is 68.4 cm³/mol. The number of halogens is 1. The lowest BCUT2D eigenvalue weighted by Crippen LogP contribution is -1.99. The van der Waals surface area contributed by atoms with E-state index in [0.717, 1.165) is 28.6 Å². The zero-order valence-corrected chi connectivity index (χ0v) is 10.7. The average Bonchev–Trinajstić information content (AvgIpc) is 3.10. The van der Waals surface area contributed by atoms with Crippen LogP contribution in [0.4, 0.5) is 0 Å². The molecule has 0 bridgehead atoms. The van der Waals surface area contributed by atoms with E-state index in [9.17, 15) is 10.1 Å². The second-order valence-electron chi connectivity index (χ2n) is 4.01. The van der Waals surface area contributed by atoms with Crippen molar-refractivity contribution in [2.75, 3.05) is 6.61 Å². The van der Waals surface area contributed by atoms with Gasteiger partial charge in [-0.1, -0.05) is 12.1 Å². The second-order valence-corrected chi connectivity index (χ2v) is 4.81. The largest absolute Gasteiger partial charge is 0.492 e. The summed E-state index contributed by atoms with van der Waals surface area (Å²) in [5.41, 5.74) is 0.745. The third-order valence-corrected chi connectivity index (χ3v) is 3.39. The highest BCUT2D eigenvalue weighted by Crippen LogP contribution is 2.33. The molecule has 0 radical (unpaired) electrons. The summed E-state index contributed by atoms with van der Waals surface area (Å²) in [5.74, 6) is 1.42. The van der Waals surface area contributed by atoms with E-state index in [1.165, 1.54) is 18.9 Å². The topological polar surface area (TPSA) is 52.4 Å². The molecule has 90 valence electrons. The maximum atomic E-state index is 10.3. The molecule has 0 amide bonds. The molecule has 1 aromatic carbocycles. The third kappa shape index (κ3) is 3.56. The summed E-state index contributed by atoms with van der Waals surface area (Å²) in [6.45, 7) is 0.723. The lowest BCUT2D eigenvalue weighted by atomic mass is 10.2. The van der Waals surface area contributed by atoms with Crippen LogP contribution in [0.25, 0.3) is 6.08 Å². The van der Waals surface area contributed by atoms with E-state index in [-0.39, 0.29) is 0 Å². The molecule has 1 aromatic rings. The van der Waals surface area contributed by atoms with Crippen molar-refractivity contribution in [3.63, 3.8) is 0 Å². The van der Waals surface area contributed by atoms with Gasteiger partial charge in [0.2, 0.25) is 6.20 Å². The van der Waals surface area contributed by atoms with Gasteiger partial charge in [0.25, 0.3) is 0 Å². The minimum Gasteiger partial charge on any atom is -0.492 e. The molecule has 17 heavy (non-hydrogen) atoms. The number of ether oxygens (including phenoxy) is 1. The van der Waals surface area contributed by atoms with Crippen molar-refractivity contribution in [3.05, 3.63) is 44.5 Å². The van der Waals surface area contributed by atoms with Crippen LogP contribution in [0.1, 0.15) is 18.4 Å². The fourth-order valence-corrected chi connectivity index (χ4v) is 1.91. The lowest BCUT2D eigenvalue weighted by Gasteiger charge is -2.08. The van der Waals surface area contributed by atoms with Gasteiger partial charge in [-0.05, 0) is 46.3 Å². The van der Waals surface area contributed by atoms with Gasteiger partial charge in [0, 0.05) is 6.08 Å². The summed E-state index contributed by atoms with van der Waals surface area (Å²) in [6, 6.07) is 5.48. The number of nitrogens with zero attached hydrogens (tertiary/aromatic N) is 1. The molecule has 1 saturated carbocycles. The Morgan fingerprint density at radius 2 is 2.29 bits per heavy atom. The number of hydrogen-bond acceptors (Lipinski definition) is 3. The zero-order chi connectivity index (χ0) is 12.3. The Labute approximate surface area is 108 Å². The lowest BCUT2D eigenvalue weighted by molar-refractivity contribution is -0.400. The van der Waals surface area contributed by atoms with Gasteiger partial charge >= 0.3 is 0 Å². The van der Waals surface area contributed by atoms with E-state index >= 15 is 0 Å². The molecule has 1 aliphatic rings. The highest BCUT2D eigenvalue weighted by Gasteiger charge is 2.22. The Bertz CT molecular complexity index is 455. The van der Waals surface area contributed by atoms with Crippen LogP contribution in [0, 0.1) is 16.0 Å².